The molecule has 0 aliphatic rings. The lowest BCUT2D eigenvalue weighted by Crippen LogP contribution is -2.03. The molecule has 18 heavy (non-hydrogen) atoms. The number of hydrogen-bond acceptors (Lipinski definition) is 4. The summed E-state index contributed by atoms with van der Waals surface area (Å²) in [5.41, 5.74) is 9.46. The van der Waals surface area contributed by atoms with Crippen LogP contribution >= 0.6 is 11.3 Å². The molecule has 2 heterocycles. The molecule has 0 bridgehead atoms. The number of fused-ring (bicyclic) bond motifs is 1. The van der Waals surface area contributed by atoms with E-state index in [-0.39, 0.29) is 0 Å². The third-order valence-corrected chi connectivity index (χ3v) is 3.56. The molecule has 0 radical (unpaired) electrons. The first-order chi connectivity index (χ1) is 8.78. The minimum Gasteiger partial charge on any atom is -0.369 e. The second-order valence-corrected chi connectivity index (χ2v) is 4.78. The Balaban J connectivity index is 2.15. The monoisotopic (exact) mass is 254 g/mol. The van der Waals surface area contributed by atoms with E-state index in [9.17, 15) is 0 Å². The molecule has 88 valence electrons. The van der Waals surface area contributed by atoms with Crippen molar-refractivity contribution in [1.82, 2.24) is 9.55 Å². The summed E-state index contributed by atoms with van der Waals surface area (Å²) in [6.45, 7) is 0.681. The third kappa shape index (κ3) is 1.73. The van der Waals surface area contributed by atoms with E-state index in [2.05, 4.69) is 22.5 Å². The summed E-state index contributed by atoms with van der Waals surface area (Å²) in [6.07, 6.45) is 0. The molecular formula is C13H10N4S. The van der Waals surface area contributed by atoms with Gasteiger partial charge in [-0.2, -0.15) is 16.6 Å². The van der Waals surface area contributed by atoms with E-state index in [0.717, 1.165) is 11.0 Å². The fourth-order valence-corrected chi connectivity index (χ4v) is 2.60. The average molecular weight is 254 g/mol. The Morgan fingerprint density at radius 2 is 2.28 bits per heavy atom. The van der Waals surface area contributed by atoms with Gasteiger partial charge in [0.05, 0.1) is 29.2 Å². The Hall–Kier alpha value is -2.32. The van der Waals surface area contributed by atoms with E-state index in [1.165, 1.54) is 5.56 Å². The standard InChI is InChI=1S/C13H10N4S/c14-6-9-1-2-11-12(5-9)17(13(15)16-11)7-10-3-4-18-8-10/h1-5,8H,7H2,(H2,15,16). The number of benzene rings is 1. The highest BCUT2D eigenvalue weighted by Crippen LogP contribution is 2.21. The molecule has 1 aromatic carbocycles. The van der Waals surface area contributed by atoms with E-state index < -0.39 is 0 Å². The fraction of sp³-hybridized carbons (Fsp3) is 0.0769. The number of thiophene rings is 1. The van der Waals surface area contributed by atoms with Gasteiger partial charge in [-0.1, -0.05) is 0 Å². The number of nitrogen functional groups attached to an aromatic ring is 1. The van der Waals surface area contributed by atoms with Gasteiger partial charge >= 0.3 is 0 Å². The molecule has 0 spiro atoms. The van der Waals surface area contributed by atoms with Crippen molar-refractivity contribution in [2.45, 2.75) is 6.54 Å². The molecule has 0 aliphatic carbocycles. The van der Waals surface area contributed by atoms with Gasteiger partial charge in [-0.3, -0.25) is 0 Å². The van der Waals surface area contributed by atoms with Gasteiger partial charge in [-0.15, -0.1) is 0 Å². The van der Waals surface area contributed by atoms with Crippen molar-refractivity contribution < 1.29 is 0 Å². The van der Waals surface area contributed by atoms with Crippen LogP contribution in [-0.4, -0.2) is 9.55 Å². The lowest BCUT2D eigenvalue weighted by Gasteiger charge is -2.04. The van der Waals surface area contributed by atoms with Gasteiger partial charge in [0.2, 0.25) is 5.95 Å². The highest BCUT2D eigenvalue weighted by atomic mass is 32.1. The highest BCUT2D eigenvalue weighted by Gasteiger charge is 2.09. The molecule has 3 aromatic rings. The maximum Gasteiger partial charge on any atom is 0.201 e. The molecule has 4 nitrogen and oxygen atoms in total. The summed E-state index contributed by atoms with van der Waals surface area (Å²) >= 11 is 1.65. The zero-order valence-corrected chi connectivity index (χ0v) is 10.3. The van der Waals surface area contributed by atoms with Crippen LogP contribution in [-0.2, 0) is 6.54 Å². The Morgan fingerprint density at radius 3 is 3.00 bits per heavy atom. The average Bonchev–Trinajstić information content (AvgIpc) is 2.99. The van der Waals surface area contributed by atoms with Crippen molar-refractivity contribution in [1.29, 1.82) is 5.26 Å². The molecule has 0 atom stereocenters. The minimum atomic E-state index is 0.478. The maximum absolute atomic E-state index is 8.94. The lowest BCUT2D eigenvalue weighted by atomic mass is 10.2. The molecule has 2 N–H and O–H groups in total. The Bertz CT molecular complexity index is 734. The Kier molecular flexibility index (Phi) is 2.50. The first kappa shape index (κ1) is 10.8. The lowest BCUT2D eigenvalue weighted by molar-refractivity contribution is 0.842. The molecule has 3 rings (SSSR count). The number of nitrogens with zero attached hydrogens (tertiary/aromatic N) is 3. The molecule has 0 unspecified atom stereocenters. The van der Waals surface area contributed by atoms with Crippen LogP contribution in [0.2, 0.25) is 0 Å². The first-order valence-electron chi connectivity index (χ1n) is 5.45. The largest absolute Gasteiger partial charge is 0.369 e. The van der Waals surface area contributed by atoms with Gasteiger partial charge in [-0.25, -0.2) is 4.98 Å². The summed E-state index contributed by atoms with van der Waals surface area (Å²) in [5.74, 6) is 0.478. The maximum atomic E-state index is 8.94. The van der Waals surface area contributed by atoms with Gasteiger partial charge in [-0.05, 0) is 40.6 Å². The van der Waals surface area contributed by atoms with E-state index in [1.54, 1.807) is 17.4 Å². The van der Waals surface area contributed by atoms with Gasteiger partial charge < -0.3 is 10.3 Å². The minimum absolute atomic E-state index is 0.478. The molecule has 5 heteroatoms. The number of aromatic nitrogens is 2. The van der Waals surface area contributed by atoms with Crippen LogP contribution in [0.5, 0.6) is 0 Å². The van der Waals surface area contributed by atoms with Gasteiger partial charge in [0, 0.05) is 0 Å². The second-order valence-electron chi connectivity index (χ2n) is 4.00. The van der Waals surface area contributed by atoms with Gasteiger partial charge in [0.25, 0.3) is 0 Å². The van der Waals surface area contributed by atoms with Crippen LogP contribution in [0.4, 0.5) is 5.95 Å². The van der Waals surface area contributed by atoms with Gasteiger partial charge in [0.1, 0.15) is 0 Å². The third-order valence-electron chi connectivity index (χ3n) is 2.83. The molecule has 0 fully saturated rings. The van der Waals surface area contributed by atoms with Crippen molar-refractivity contribution in [2.75, 3.05) is 5.73 Å². The number of rotatable bonds is 2. The zero-order valence-electron chi connectivity index (χ0n) is 9.50. The van der Waals surface area contributed by atoms with Crippen LogP contribution in [0.1, 0.15) is 11.1 Å². The summed E-state index contributed by atoms with van der Waals surface area (Å²) in [5, 5.41) is 13.1. The fourth-order valence-electron chi connectivity index (χ4n) is 1.94. The Morgan fingerprint density at radius 1 is 1.39 bits per heavy atom. The van der Waals surface area contributed by atoms with Crippen molar-refractivity contribution in [3.8, 4) is 6.07 Å². The van der Waals surface area contributed by atoms with E-state index in [4.69, 9.17) is 11.0 Å². The van der Waals surface area contributed by atoms with Crippen molar-refractivity contribution in [3.63, 3.8) is 0 Å². The van der Waals surface area contributed by atoms with Crippen molar-refractivity contribution in [3.05, 3.63) is 46.2 Å². The summed E-state index contributed by atoms with van der Waals surface area (Å²) in [6, 6.07) is 9.60. The molecule has 0 saturated carbocycles. The SMILES string of the molecule is N#Cc1ccc2nc(N)n(Cc3ccsc3)c2c1. The van der Waals surface area contributed by atoms with Crippen molar-refractivity contribution >= 4 is 28.3 Å². The molecule has 0 saturated heterocycles. The normalized spacial score (nSPS) is 10.6. The number of imidazole rings is 1. The molecular weight excluding hydrogens is 244 g/mol. The number of nitriles is 1. The summed E-state index contributed by atoms with van der Waals surface area (Å²) < 4.78 is 1.93. The predicted molar refractivity (Wildman–Crippen MR) is 72.3 cm³/mol. The van der Waals surface area contributed by atoms with Crippen LogP contribution < -0.4 is 5.73 Å². The van der Waals surface area contributed by atoms with Crippen LogP contribution in [0.3, 0.4) is 0 Å². The Labute approximate surface area is 108 Å². The number of nitrogens with two attached hydrogens (primary N) is 1. The molecule has 0 aliphatic heterocycles. The van der Waals surface area contributed by atoms with Crippen LogP contribution in [0, 0.1) is 11.3 Å². The zero-order chi connectivity index (χ0) is 12.5. The van der Waals surface area contributed by atoms with Crippen molar-refractivity contribution in [2.24, 2.45) is 0 Å². The van der Waals surface area contributed by atoms with Gasteiger partial charge in [0.15, 0.2) is 0 Å². The van der Waals surface area contributed by atoms with E-state index in [0.29, 0.717) is 18.1 Å². The van der Waals surface area contributed by atoms with Crippen LogP contribution in [0.15, 0.2) is 35.0 Å². The smallest absolute Gasteiger partial charge is 0.201 e. The molecule has 0 amide bonds. The quantitative estimate of drug-likeness (QED) is 0.764. The predicted octanol–water partition coefficient (Wildman–Crippen LogP) is 2.60. The summed E-state index contributed by atoms with van der Waals surface area (Å²) in [7, 11) is 0. The topological polar surface area (TPSA) is 67.6 Å². The van der Waals surface area contributed by atoms with E-state index >= 15 is 0 Å². The highest BCUT2D eigenvalue weighted by molar-refractivity contribution is 7.07. The first-order valence-corrected chi connectivity index (χ1v) is 6.39. The summed E-state index contributed by atoms with van der Waals surface area (Å²) in [4.78, 5) is 4.30. The van der Waals surface area contributed by atoms with Crippen LogP contribution in [0.25, 0.3) is 11.0 Å². The second kappa shape index (κ2) is 4.17. The van der Waals surface area contributed by atoms with E-state index in [1.807, 2.05) is 22.1 Å². The number of anilines is 1. The molecule has 2 aromatic heterocycles. The number of hydrogen-bond donors (Lipinski definition) is 1.